The van der Waals surface area contributed by atoms with Gasteiger partial charge in [0, 0.05) is 19.0 Å². The number of methoxy groups -OCH3 is 1. The quantitative estimate of drug-likeness (QED) is 0.456. The van der Waals surface area contributed by atoms with Crippen molar-refractivity contribution in [2.75, 3.05) is 26.9 Å². The van der Waals surface area contributed by atoms with Crippen LogP contribution in [0.3, 0.4) is 0 Å². The third-order valence-electron chi connectivity index (χ3n) is 3.07. The molecule has 0 unspecified atom stereocenters. The molecule has 0 aliphatic heterocycles. The molecule has 0 radical (unpaired) electrons. The minimum absolute atomic E-state index is 0.255. The van der Waals surface area contributed by atoms with E-state index in [-0.39, 0.29) is 12.1 Å². The summed E-state index contributed by atoms with van der Waals surface area (Å²) in [6.07, 6.45) is 0. The number of benzene rings is 1. The zero-order valence-electron chi connectivity index (χ0n) is 13.4. The van der Waals surface area contributed by atoms with Crippen LogP contribution in [0, 0.1) is 0 Å². The highest BCUT2D eigenvalue weighted by Gasteiger charge is 2.13. The molecule has 25 heavy (non-hydrogen) atoms. The van der Waals surface area contributed by atoms with E-state index in [1.54, 1.807) is 24.3 Å². The molecule has 0 aliphatic carbocycles. The van der Waals surface area contributed by atoms with Crippen molar-refractivity contribution in [3.63, 3.8) is 0 Å². The summed E-state index contributed by atoms with van der Waals surface area (Å²) in [5.41, 5.74) is 0.892. The lowest BCUT2D eigenvalue weighted by Crippen LogP contribution is -2.42. The van der Waals surface area contributed by atoms with Gasteiger partial charge in [-0.25, -0.2) is 14.6 Å². The Kier molecular flexibility index (Phi) is 6.67. The first-order chi connectivity index (χ1) is 12.0. The van der Waals surface area contributed by atoms with Gasteiger partial charge in [-0.3, -0.25) is 10.1 Å². The Hall–Kier alpha value is -2.71. The fourth-order valence-electron chi connectivity index (χ4n) is 1.92. The van der Waals surface area contributed by atoms with Crippen molar-refractivity contribution in [1.82, 2.24) is 15.6 Å². The van der Waals surface area contributed by atoms with E-state index in [4.69, 9.17) is 21.1 Å². The maximum absolute atomic E-state index is 12.0. The number of hydrogen-bond acceptors (Lipinski definition) is 6. The van der Waals surface area contributed by atoms with Crippen LogP contribution in [0.15, 0.2) is 30.3 Å². The lowest BCUT2D eigenvalue weighted by Gasteiger charge is -2.07. The number of carbonyl (C=O) groups excluding carboxylic acids is 3. The number of imide groups is 1. The molecule has 0 bridgehead atoms. The Morgan fingerprint density at radius 3 is 2.76 bits per heavy atom. The third kappa shape index (κ3) is 5.70. The maximum atomic E-state index is 12.0. The van der Waals surface area contributed by atoms with Crippen LogP contribution < -0.4 is 10.6 Å². The van der Waals surface area contributed by atoms with Gasteiger partial charge < -0.3 is 14.8 Å². The van der Waals surface area contributed by atoms with Crippen molar-refractivity contribution in [3.8, 4) is 0 Å². The summed E-state index contributed by atoms with van der Waals surface area (Å²) in [4.78, 5) is 39.0. The summed E-state index contributed by atoms with van der Waals surface area (Å²) in [5.74, 6) is -1.43. The minimum Gasteiger partial charge on any atom is -0.452 e. The second-order valence-electron chi connectivity index (χ2n) is 4.91. The van der Waals surface area contributed by atoms with Crippen molar-refractivity contribution in [2.45, 2.75) is 0 Å². The van der Waals surface area contributed by atoms with Crippen LogP contribution in [0.4, 0.5) is 4.79 Å². The Morgan fingerprint density at radius 1 is 1.20 bits per heavy atom. The Bertz CT molecular complexity index is 796. The normalized spacial score (nSPS) is 10.3. The lowest BCUT2D eigenvalue weighted by molar-refractivity contribution is -0.123. The van der Waals surface area contributed by atoms with Gasteiger partial charge in [0.25, 0.3) is 5.91 Å². The van der Waals surface area contributed by atoms with Gasteiger partial charge in [0.15, 0.2) is 6.61 Å². The van der Waals surface area contributed by atoms with E-state index in [0.717, 1.165) is 0 Å². The highest BCUT2D eigenvalue weighted by Crippen LogP contribution is 2.17. The maximum Gasteiger partial charge on any atom is 0.338 e. The van der Waals surface area contributed by atoms with E-state index in [9.17, 15) is 14.4 Å². The van der Waals surface area contributed by atoms with Gasteiger partial charge in [0.05, 0.1) is 17.7 Å². The van der Waals surface area contributed by atoms with Gasteiger partial charge in [-0.05, 0) is 30.3 Å². The van der Waals surface area contributed by atoms with Gasteiger partial charge in [-0.15, -0.1) is 0 Å². The van der Waals surface area contributed by atoms with Crippen LogP contribution in [0.5, 0.6) is 0 Å². The van der Waals surface area contributed by atoms with Crippen LogP contribution in [-0.4, -0.2) is 49.8 Å². The zero-order chi connectivity index (χ0) is 18.2. The highest BCUT2D eigenvalue weighted by molar-refractivity contribution is 6.29. The van der Waals surface area contributed by atoms with E-state index in [2.05, 4.69) is 10.3 Å². The van der Waals surface area contributed by atoms with Crippen LogP contribution in [0.25, 0.3) is 10.9 Å². The Labute approximate surface area is 148 Å². The molecule has 0 aliphatic rings. The minimum atomic E-state index is -0.738. The topological polar surface area (TPSA) is 107 Å². The fraction of sp³-hybridized carbons (Fsp3) is 0.250. The smallest absolute Gasteiger partial charge is 0.338 e. The Balaban J connectivity index is 1.86. The molecular formula is C16H16ClN3O5. The zero-order valence-corrected chi connectivity index (χ0v) is 14.1. The second kappa shape index (κ2) is 8.95. The van der Waals surface area contributed by atoms with Crippen LogP contribution in [-0.2, 0) is 14.3 Å². The first-order valence-electron chi connectivity index (χ1n) is 7.29. The van der Waals surface area contributed by atoms with Crippen molar-refractivity contribution >= 4 is 40.4 Å². The molecular weight excluding hydrogens is 350 g/mol. The van der Waals surface area contributed by atoms with E-state index < -0.39 is 24.5 Å². The number of aromatic nitrogens is 1. The highest BCUT2D eigenvalue weighted by atomic mass is 35.5. The van der Waals surface area contributed by atoms with Crippen molar-refractivity contribution < 1.29 is 23.9 Å². The molecule has 0 saturated carbocycles. The molecule has 132 valence electrons. The molecule has 1 aromatic carbocycles. The third-order valence-corrected chi connectivity index (χ3v) is 3.28. The number of carbonyl (C=O) groups is 3. The van der Waals surface area contributed by atoms with Crippen molar-refractivity contribution in [3.05, 3.63) is 41.0 Å². The number of nitrogens with one attached hydrogen (secondary N) is 2. The number of fused-ring (bicyclic) bond motifs is 1. The molecule has 8 nitrogen and oxygen atoms in total. The molecule has 0 atom stereocenters. The van der Waals surface area contributed by atoms with E-state index in [1.807, 2.05) is 5.32 Å². The molecule has 1 heterocycles. The average molecular weight is 366 g/mol. The molecule has 1 aromatic heterocycles. The van der Waals surface area contributed by atoms with Crippen molar-refractivity contribution in [2.24, 2.45) is 0 Å². The molecule has 0 spiro atoms. The van der Waals surface area contributed by atoms with Crippen LogP contribution in [0.2, 0.25) is 5.15 Å². The largest absolute Gasteiger partial charge is 0.452 e. The van der Waals surface area contributed by atoms with E-state index in [1.165, 1.54) is 13.2 Å². The predicted octanol–water partition coefficient (Wildman–Crippen LogP) is 1.52. The SMILES string of the molecule is COCCNC(=O)NC(=O)COC(=O)c1ccc2nc(Cl)ccc2c1. The summed E-state index contributed by atoms with van der Waals surface area (Å²) in [7, 11) is 1.49. The molecule has 2 N–H and O–H groups in total. The summed E-state index contributed by atoms with van der Waals surface area (Å²) in [6.45, 7) is -0.00337. The molecule has 0 saturated heterocycles. The van der Waals surface area contributed by atoms with Crippen LogP contribution in [0.1, 0.15) is 10.4 Å². The summed E-state index contributed by atoms with van der Waals surface area (Å²) < 4.78 is 9.64. The summed E-state index contributed by atoms with van der Waals surface area (Å²) in [5, 5.41) is 5.50. The molecule has 9 heteroatoms. The Morgan fingerprint density at radius 2 is 2.00 bits per heavy atom. The number of esters is 1. The van der Waals surface area contributed by atoms with Gasteiger partial charge in [-0.1, -0.05) is 11.6 Å². The number of rotatable bonds is 6. The lowest BCUT2D eigenvalue weighted by atomic mass is 10.1. The molecule has 2 rings (SSSR count). The number of hydrogen-bond donors (Lipinski definition) is 2. The average Bonchev–Trinajstić information content (AvgIpc) is 2.59. The molecule has 2 aromatic rings. The monoisotopic (exact) mass is 365 g/mol. The molecule has 0 fully saturated rings. The van der Waals surface area contributed by atoms with Gasteiger partial charge in [-0.2, -0.15) is 0 Å². The van der Waals surface area contributed by atoms with Gasteiger partial charge in [0.2, 0.25) is 0 Å². The summed E-state index contributed by atoms with van der Waals surface area (Å²) in [6, 6.07) is 7.36. The van der Waals surface area contributed by atoms with Gasteiger partial charge in [0.1, 0.15) is 5.15 Å². The number of ether oxygens (including phenoxy) is 2. The number of amides is 3. The van der Waals surface area contributed by atoms with E-state index >= 15 is 0 Å². The number of pyridine rings is 1. The number of halogens is 1. The molecule has 3 amide bonds. The second-order valence-corrected chi connectivity index (χ2v) is 5.30. The first-order valence-corrected chi connectivity index (χ1v) is 7.67. The van der Waals surface area contributed by atoms with Crippen LogP contribution >= 0.6 is 11.6 Å². The number of urea groups is 1. The summed E-state index contributed by atoms with van der Waals surface area (Å²) >= 11 is 5.80. The fourth-order valence-corrected chi connectivity index (χ4v) is 2.07. The standard InChI is InChI=1S/C16H16ClN3O5/c1-24-7-6-18-16(23)20-14(21)9-25-15(22)11-2-4-12-10(8-11)3-5-13(17)19-12/h2-5,8H,6-7,9H2,1H3,(H2,18,20,21,23). The number of nitrogens with zero attached hydrogens (tertiary/aromatic N) is 1. The van der Waals surface area contributed by atoms with Gasteiger partial charge >= 0.3 is 12.0 Å². The van der Waals surface area contributed by atoms with Crippen molar-refractivity contribution in [1.29, 1.82) is 0 Å². The predicted molar refractivity (Wildman–Crippen MR) is 90.5 cm³/mol. The van der Waals surface area contributed by atoms with E-state index in [0.29, 0.717) is 22.7 Å². The first kappa shape index (κ1) is 18.6.